The van der Waals surface area contributed by atoms with Crippen molar-refractivity contribution in [3.05, 3.63) is 96.1 Å². The molecule has 0 radical (unpaired) electrons. The molecule has 0 bridgehead atoms. The van der Waals surface area contributed by atoms with Crippen LogP contribution >= 0.6 is 0 Å². The Morgan fingerprint density at radius 1 is 0.625 bits per heavy atom. The Labute approximate surface area is 188 Å². The predicted octanol–water partition coefficient (Wildman–Crippen LogP) is 3.68. The largest absolute Gasteiger partial charge is 0.337 e. The third-order valence-electron chi connectivity index (χ3n) is 6.38. The van der Waals surface area contributed by atoms with Crippen molar-refractivity contribution in [3.63, 3.8) is 0 Å². The number of benzene rings is 3. The van der Waals surface area contributed by atoms with Crippen LogP contribution in [0.3, 0.4) is 0 Å². The smallest absolute Gasteiger partial charge is 0.253 e. The Hall–Kier alpha value is -3.44. The average Bonchev–Trinajstić information content (AvgIpc) is 3.30. The average molecular weight is 426 g/mol. The first-order chi connectivity index (χ1) is 15.7. The summed E-state index contributed by atoms with van der Waals surface area (Å²) in [4.78, 5) is 29.2. The highest BCUT2D eigenvalue weighted by Gasteiger charge is 2.35. The van der Waals surface area contributed by atoms with Crippen LogP contribution in [0.15, 0.2) is 84.9 Å². The second-order valence-electron chi connectivity index (χ2n) is 8.62. The number of hydrogen-bond acceptors (Lipinski definition) is 3. The van der Waals surface area contributed by atoms with Gasteiger partial charge in [0.25, 0.3) is 11.8 Å². The molecule has 162 valence electrons. The molecule has 2 aliphatic rings. The number of carbonyl (C=O) groups excluding carboxylic acids is 2. The molecule has 5 nitrogen and oxygen atoms in total. The first-order valence-corrected chi connectivity index (χ1v) is 11.2. The van der Waals surface area contributed by atoms with Gasteiger partial charge in [-0.25, -0.2) is 0 Å². The molecule has 1 N–H and O–H groups in total. The molecule has 1 atom stereocenters. The van der Waals surface area contributed by atoms with E-state index in [9.17, 15) is 9.59 Å². The molecule has 0 saturated carbocycles. The van der Waals surface area contributed by atoms with E-state index in [1.807, 2.05) is 82.6 Å². The molecule has 0 aromatic heterocycles. The fourth-order valence-electron chi connectivity index (χ4n) is 4.55. The second-order valence-corrected chi connectivity index (χ2v) is 8.62. The van der Waals surface area contributed by atoms with Crippen LogP contribution in [0.5, 0.6) is 0 Å². The zero-order valence-electron chi connectivity index (χ0n) is 18.0. The summed E-state index contributed by atoms with van der Waals surface area (Å²) in [5.74, 6) is 0.175. The van der Waals surface area contributed by atoms with Crippen molar-refractivity contribution < 1.29 is 9.59 Å². The summed E-state index contributed by atoms with van der Waals surface area (Å²) in [6, 6.07) is 28.0. The van der Waals surface area contributed by atoms with Gasteiger partial charge in [-0.2, -0.15) is 0 Å². The van der Waals surface area contributed by atoms with Crippen LogP contribution < -0.4 is 5.32 Å². The van der Waals surface area contributed by atoms with Gasteiger partial charge in [0, 0.05) is 49.4 Å². The number of carbonyl (C=O) groups is 2. The Balaban J connectivity index is 1.10. The van der Waals surface area contributed by atoms with Crippen LogP contribution in [0.4, 0.5) is 0 Å². The fourth-order valence-corrected chi connectivity index (χ4v) is 4.55. The van der Waals surface area contributed by atoms with Crippen LogP contribution in [-0.2, 0) is 0 Å². The van der Waals surface area contributed by atoms with E-state index in [0.717, 1.165) is 41.8 Å². The van der Waals surface area contributed by atoms with E-state index in [-0.39, 0.29) is 17.9 Å². The van der Waals surface area contributed by atoms with Gasteiger partial charge in [-0.15, -0.1) is 0 Å². The number of nitrogens with zero attached hydrogens (tertiary/aromatic N) is 2. The maximum atomic E-state index is 12.8. The summed E-state index contributed by atoms with van der Waals surface area (Å²) < 4.78 is 0. The third kappa shape index (κ3) is 4.30. The quantitative estimate of drug-likeness (QED) is 0.679. The predicted molar refractivity (Wildman–Crippen MR) is 125 cm³/mol. The summed E-state index contributed by atoms with van der Waals surface area (Å²) in [6.45, 7) is 2.92. The molecule has 32 heavy (non-hydrogen) atoms. The van der Waals surface area contributed by atoms with Crippen molar-refractivity contribution in [2.75, 3.05) is 26.2 Å². The number of hydrogen-bond donors (Lipinski definition) is 1. The van der Waals surface area contributed by atoms with Crippen LogP contribution in [0.1, 0.15) is 27.1 Å². The first-order valence-electron chi connectivity index (χ1n) is 11.2. The number of amides is 2. The standard InChI is InChI=1S/C27H27N3O2/c31-26(22-9-5-2-6-10-22)29-16-15-24(17-29)28-25-18-30(19-25)27(32)23-13-11-21(12-14-23)20-7-3-1-4-8-20/h1-14,24-25,28H,15-19H2. The third-order valence-corrected chi connectivity index (χ3v) is 6.38. The van der Waals surface area contributed by atoms with Gasteiger partial charge in [-0.3, -0.25) is 9.59 Å². The lowest BCUT2D eigenvalue weighted by atomic mass is 10.0. The molecule has 1 unspecified atom stereocenters. The van der Waals surface area contributed by atoms with Gasteiger partial charge < -0.3 is 15.1 Å². The number of rotatable bonds is 5. The minimum absolute atomic E-state index is 0.0787. The molecule has 2 fully saturated rings. The van der Waals surface area contributed by atoms with Gasteiger partial charge in [0.05, 0.1) is 0 Å². The van der Waals surface area contributed by atoms with Gasteiger partial charge in [-0.1, -0.05) is 60.7 Å². The molecule has 2 aliphatic heterocycles. The summed E-state index contributed by atoms with van der Waals surface area (Å²) in [5.41, 5.74) is 3.73. The molecule has 3 aromatic carbocycles. The first kappa shape index (κ1) is 20.5. The van der Waals surface area contributed by atoms with Crippen LogP contribution in [0.25, 0.3) is 11.1 Å². The molecule has 2 saturated heterocycles. The van der Waals surface area contributed by atoms with E-state index in [1.54, 1.807) is 0 Å². The van der Waals surface area contributed by atoms with Gasteiger partial charge in [0.2, 0.25) is 0 Å². The molecule has 5 rings (SSSR count). The van der Waals surface area contributed by atoms with Gasteiger partial charge in [-0.05, 0) is 41.8 Å². The molecule has 2 heterocycles. The normalized spacial score (nSPS) is 18.4. The zero-order valence-corrected chi connectivity index (χ0v) is 18.0. The minimum atomic E-state index is 0.0787. The Morgan fingerprint density at radius 3 is 1.84 bits per heavy atom. The zero-order chi connectivity index (χ0) is 21.9. The van der Waals surface area contributed by atoms with Crippen molar-refractivity contribution in [2.45, 2.75) is 18.5 Å². The Bertz CT molecular complexity index is 1080. The van der Waals surface area contributed by atoms with Gasteiger partial charge >= 0.3 is 0 Å². The lowest BCUT2D eigenvalue weighted by molar-refractivity contribution is 0.0552. The van der Waals surface area contributed by atoms with E-state index >= 15 is 0 Å². The molecular formula is C27H27N3O2. The van der Waals surface area contributed by atoms with Crippen molar-refractivity contribution in [2.24, 2.45) is 0 Å². The maximum absolute atomic E-state index is 12.8. The van der Waals surface area contributed by atoms with E-state index < -0.39 is 0 Å². The number of nitrogens with one attached hydrogen (secondary N) is 1. The summed E-state index contributed by atoms with van der Waals surface area (Å²) in [5, 5.41) is 3.63. The minimum Gasteiger partial charge on any atom is -0.337 e. The van der Waals surface area contributed by atoms with E-state index in [4.69, 9.17) is 0 Å². The van der Waals surface area contributed by atoms with E-state index in [0.29, 0.717) is 19.1 Å². The second kappa shape index (κ2) is 8.97. The highest BCUT2D eigenvalue weighted by atomic mass is 16.2. The highest BCUT2D eigenvalue weighted by molar-refractivity contribution is 5.95. The topological polar surface area (TPSA) is 52.7 Å². The van der Waals surface area contributed by atoms with Crippen molar-refractivity contribution in [1.82, 2.24) is 15.1 Å². The summed E-state index contributed by atoms with van der Waals surface area (Å²) in [6.07, 6.45) is 0.948. The van der Waals surface area contributed by atoms with Crippen LogP contribution in [0.2, 0.25) is 0 Å². The Morgan fingerprint density at radius 2 is 1.16 bits per heavy atom. The molecule has 0 aliphatic carbocycles. The lowest BCUT2D eigenvalue weighted by Gasteiger charge is -2.41. The molecular weight excluding hydrogens is 398 g/mol. The Kier molecular flexibility index (Phi) is 5.73. The maximum Gasteiger partial charge on any atom is 0.253 e. The fraction of sp³-hybridized carbons (Fsp3) is 0.259. The molecule has 2 amide bonds. The van der Waals surface area contributed by atoms with Crippen molar-refractivity contribution in [3.8, 4) is 11.1 Å². The van der Waals surface area contributed by atoms with Gasteiger partial charge in [0.15, 0.2) is 0 Å². The molecule has 3 aromatic rings. The van der Waals surface area contributed by atoms with E-state index in [1.165, 1.54) is 0 Å². The SMILES string of the molecule is O=C(c1ccccc1)N1CCC(NC2CN(C(=O)c3ccc(-c4ccccc4)cc3)C2)C1. The lowest BCUT2D eigenvalue weighted by Crippen LogP contribution is -2.62. The summed E-state index contributed by atoms with van der Waals surface area (Å²) >= 11 is 0. The van der Waals surface area contributed by atoms with Crippen molar-refractivity contribution >= 4 is 11.8 Å². The van der Waals surface area contributed by atoms with Crippen LogP contribution in [-0.4, -0.2) is 59.9 Å². The number of likely N-dealkylation sites (tertiary alicyclic amines) is 2. The van der Waals surface area contributed by atoms with Crippen LogP contribution in [0, 0.1) is 0 Å². The summed E-state index contributed by atoms with van der Waals surface area (Å²) in [7, 11) is 0. The molecule has 0 spiro atoms. The van der Waals surface area contributed by atoms with Crippen molar-refractivity contribution in [1.29, 1.82) is 0 Å². The molecule has 5 heteroatoms. The monoisotopic (exact) mass is 425 g/mol. The highest BCUT2D eigenvalue weighted by Crippen LogP contribution is 2.22. The van der Waals surface area contributed by atoms with E-state index in [2.05, 4.69) is 17.4 Å². The van der Waals surface area contributed by atoms with Gasteiger partial charge in [0.1, 0.15) is 0 Å².